The topological polar surface area (TPSA) is 47.6 Å². The quantitative estimate of drug-likeness (QED) is 0.710. The third-order valence-corrected chi connectivity index (χ3v) is 4.00. The molecule has 0 aromatic heterocycles. The second-order valence-electron chi connectivity index (χ2n) is 3.94. The molecule has 1 aliphatic heterocycles. The molecule has 100 valence electrons. The van der Waals surface area contributed by atoms with E-state index in [1.165, 1.54) is 6.42 Å². The molecule has 1 unspecified atom stereocenters. The number of carbonyl (C=O) groups excluding carboxylic acids is 1. The largest absolute Gasteiger partial charge is 0.351 e. The number of hydrogen-bond donors (Lipinski definition) is 1. The van der Waals surface area contributed by atoms with Gasteiger partial charge in [-0.25, -0.2) is 0 Å². The second-order valence-corrected chi connectivity index (χ2v) is 5.25. The van der Waals surface area contributed by atoms with E-state index in [1.54, 1.807) is 11.8 Å². The lowest BCUT2D eigenvalue weighted by molar-refractivity contribution is -0.140. The molecule has 0 radical (unpaired) electrons. The van der Waals surface area contributed by atoms with Crippen molar-refractivity contribution in [3.63, 3.8) is 0 Å². The Labute approximate surface area is 108 Å². The van der Waals surface area contributed by atoms with E-state index in [4.69, 9.17) is 9.47 Å². The first-order valence-corrected chi connectivity index (χ1v) is 7.45. The maximum Gasteiger partial charge on any atom is 0.233 e. The highest BCUT2D eigenvalue weighted by Gasteiger charge is 2.22. The van der Waals surface area contributed by atoms with E-state index >= 15 is 0 Å². The summed E-state index contributed by atoms with van der Waals surface area (Å²) >= 11 is 1.76. The van der Waals surface area contributed by atoms with Gasteiger partial charge in [-0.3, -0.25) is 4.79 Å². The molecule has 1 atom stereocenters. The summed E-state index contributed by atoms with van der Waals surface area (Å²) in [6.07, 6.45) is 3.06. The monoisotopic (exact) mass is 261 g/mol. The van der Waals surface area contributed by atoms with E-state index in [0.717, 1.165) is 18.6 Å². The molecule has 17 heavy (non-hydrogen) atoms. The Morgan fingerprint density at radius 1 is 1.35 bits per heavy atom. The molecule has 1 N–H and O–H groups in total. The molecule has 0 spiro atoms. The average molecular weight is 261 g/mol. The lowest BCUT2D eigenvalue weighted by Gasteiger charge is -2.22. The van der Waals surface area contributed by atoms with Crippen LogP contribution in [0.1, 0.15) is 33.1 Å². The van der Waals surface area contributed by atoms with Crippen molar-refractivity contribution in [2.45, 2.75) is 44.6 Å². The minimum Gasteiger partial charge on any atom is -0.351 e. The van der Waals surface area contributed by atoms with E-state index in [0.29, 0.717) is 19.8 Å². The third-order valence-electron chi connectivity index (χ3n) is 2.62. The summed E-state index contributed by atoms with van der Waals surface area (Å²) in [7, 11) is 0. The Morgan fingerprint density at radius 2 is 2.06 bits per heavy atom. The van der Waals surface area contributed by atoms with E-state index in [1.807, 2.05) is 13.8 Å². The Balaban J connectivity index is 2.24. The fourth-order valence-corrected chi connectivity index (χ4v) is 3.01. The molecule has 1 aliphatic rings. The smallest absolute Gasteiger partial charge is 0.233 e. The second kappa shape index (κ2) is 8.78. The molecule has 1 saturated heterocycles. The number of nitrogens with one attached hydrogen (secondary N) is 1. The van der Waals surface area contributed by atoms with Crippen LogP contribution >= 0.6 is 11.8 Å². The Kier molecular flexibility index (Phi) is 7.64. The highest BCUT2D eigenvalue weighted by atomic mass is 32.2. The van der Waals surface area contributed by atoms with Gasteiger partial charge in [0.05, 0.1) is 11.8 Å². The number of amides is 1. The molecule has 1 amide bonds. The molecule has 0 aliphatic carbocycles. The van der Waals surface area contributed by atoms with E-state index in [2.05, 4.69) is 5.32 Å². The minimum atomic E-state index is -0.317. The van der Waals surface area contributed by atoms with Gasteiger partial charge in [0.2, 0.25) is 5.91 Å². The highest BCUT2D eigenvalue weighted by Crippen LogP contribution is 2.24. The van der Waals surface area contributed by atoms with Gasteiger partial charge in [0, 0.05) is 13.2 Å². The van der Waals surface area contributed by atoms with E-state index in [9.17, 15) is 4.79 Å². The minimum absolute atomic E-state index is 0.118. The number of ether oxygens (including phenoxy) is 2. The molecular formula is C12H23NO3S. The van der Waals surface area contributed by atoms with Gasteiger partial charge in [-0.2, -0.15) is 0 Å². The van der Waals surface area contributed by atoms with Crippen LogP contribution in [0.5, 0.6) is 0 Å². The SMILES string of the molecule is CCOC(CNC(=O)C1CCCCS1)OCC. The maximum atomic E-state index is 11.9. The van der Waals surface area contributed by atoms with Gasteiger partial charge in [-0.1, -0.05) is 6.42 Å². The average Bonchev–Trinajstić information content (AvgIpc) is 2.37. The fraction of sp³-hybridized carbons (Fsp3) is 0.917. The van der Waals surface area contributed by atoms with Gasteiger partial charge < -0.3 is 14.8 Å². The lowest BCUT2D eigenvalue weighted by Crippen LogP contribution is -2.40. The van der Waals surface area contributed by atoms with Crippen LogP contribution in [0.4, 0.5) is 0 Å². The van der Waals surface area contributed by atoms with Crippen molar-refractivity contribution in [3.05, 3.63) is 0 Å². The summed E-state index contributed by atoms with van der Waals surface area (Å²) < 4.78 is 10.8. The number of hydrogen-bond acceptors (Lipinski definition) is 4. The van der Waals surface area contributed by atoms with Crippen LogP contribution in [0, 0.1) is 0 Å². The van der Waals surface area contributed by atoms with Crippen molar-refractivity contribution >= 4 is 17.7 Å². The summed E-state index contributed by atoms with van der Waals surface area (Å²) in [6, 6.07) is 0. The molecule has 1 rings (SSSR count). The molecule has 0 aromatic carbocycles. The summed E-state index contributed by atoms with van der Waals surface area (Å²) in [5.74, 6) is 1.22. The van der Waals surface area contributed by atoms with Crippen molar-refractivity contribution < 1.29 is 14.3 Å². The van der Waals surface area contributed by atoms with Gasteiger partial charge in [-0.15, -0.1) is 11.8 Å². The molecule has 1 heterocycles. The van der Waals surface area contributed by atoms with Gasteiger partial charge >= 0.3 is 0 Å². The fourth-order valence-electron chi connectivity index (χ4n) is 1.78. The van der Waals surface area contributed by atoms with Crippen molar-refractivity contribution in [1.82, 2.24) is 5.32 Å². The first-order valence-electron chi connectivity index (χ1n) is 6.40. The number of thioether (sulfide) groups is 1. The number of carbonyl (C=O) groups is 1. The Hall–Kier alpha value is -0.260. The van der Waals surface area contributed by atoms with E-state index < -0.39 is 0 Å². The zero-order valence-corrected chi connectivity index (χ0v) is 11.6. The highest BCUT2D eigenvalue weighted by molar-refractivity contribution is 8.00. The predicted octanol–water partition coefficient (Wildman–Crippen LogP) is 1.79. The van der Waals surface area contributed by atoms with Gasteiger partial charge in [-0.05, 0) is 32.4 Å². The Morgan fingerprint density at radius 3 is 2.59 bits per heavy atom. The van der Waals surface area contributed by atoms with Crippen LogP contribution in [-0.2, 0) is 14.3 Å². The molecule has 4 nitrogen and oxygen atoms in total. The third kappa shape index (κ3) is 5.75. The standard InChI is InChI=1S/C12H23NO3S/c1-3-15-11(16-4-2)9-13-12(14)10-7-5-6-8-17-10/h10-11H,3-9H2,1-2H3,(H,13,14). The predicted molar refractivity (Wildman–Crippen MR) is 70.1 cm³/mol. The first-order chi connectivity index (χ1) is 8.27. The van der Waals surface area contributed by atoms with Crippen molar-refractivity contribution in [2.24, 2.45) is 0 Å². The summed E-state index contributed by atoms with van der Waals surface area (Å²) in [5, 5.41) is 3.03. The zero-order chi connectivity index (χ0) is 12.5. The first kappa shape index (κ1) is 14.8. The van der Waals surface area contributed by atoms with Crippen LogP contribution < -0.4 is 5.32 Å². The molecular weight excluding hydrogens is 238 g/mol. The van der Waals surface area contributed by atoms with Crippen LogP contribution in [0.3, 0.4) is 0 Å². The summed E-state index contributed by atoms with van der Waals surface area (Å²) in [4.78, 5) is 11.9. The summed E-state index contributed by atoms with van der Waals surface area (Å²) in [5.41, 5.74) is 0. The van der Waals surface area contributed by atoms with Gasteiger partial charge in [0.1, 0.15) is 0 Å². The molecule has 0 bridgehead atoms. The van der Waals surface area contributed by atoms with Crippen LogP contribution in [0.25, 0.3) is 0 Å². The zero-order valence-electron chi connectivity index (χ0n) is 10.7. The van der Waals surface area contributed by atoms with Crippen LogP contribution in [0.2, 0.25) is 0 Å². The molecule has 1 fully saturated rings. The molecule has 0 aromatic rings. The van der Waals surface area contributed by atoms with Crippen LogP contribution in [-0.4, -0.2) is 43.0 Å². The Bertz CT molecular complexity index is 214. The van der Waals surface area contributed by atoms with E-state index in [-0.39, 0.29) is 17.4 Å². The van der Waals surface area contributed by atoms with Crippen LogP contribution in [0.15, 0.2) is 0 Å². The number of rotatable bonds is 7. The molecule has 5 heteroatoms. The van der Waals surface area contributed by atoms with Crippen molar-refractivity contribution in [1.29, 1.82) is 0 Å². The van der Waals surface area contributed by atoms with Gasteiger partial charge in [0.15, 0.2) is 6.29 Å². The van der Waals surface area contributed by atoms with Crippen molar-refractivity contribution in [2.75, 3.05) is 25.5 Å². The molecule has 0 saturated carbocycles. The lowest BCUT2D eigenvalue weighted by atomic mass is 10.2. The maximum absolute atomic E-state index is 11.9. The van der Waals surface area contributed by atoms with Crippen molar-refractivity contribution in [3.8, 4) is 0 Å². The normalized spacial score (nSPS) is 20.5. The summed E-state index contributed by atoms with van der Waals surface area (Å²) in [6.45, 7) is 5.48. The van der Waals surface area contributed by atoms with Gasteiger partial charge in [0.25, 0.3) is 0 Å².